The van der Waals surface area contributed by atoms with Crippen LogP contribution in [0.4, 0.5) is 0 Å². The van der Waals surface area contributed by atoms with E-state index in [1.165, 1.54) is 7.11 Å². The third-order valence-corrected chi connectivity index (χ3v) is 2.40. The Morgan fingerprint density at radius 2 is 2.14 bits per heavy atom. The summed E-state index contributed by atoms with van der Waals surface area (Å²) in [5.74, 6) is -1.05. The molecule has 80 valence electrons. The maximum atomic E-state index is 11.3. The van der Waals surface area contributed by atoms with E-state index in [1.807, 2.05) is 13.8 Å². The molecule has 5 heteroatoms. The molecule has 3 atom stereocenters. The molecule has 0 N–H and O–H groups in total. The number of cyclic esters (lactones) is 1. The Labute approximate surface area is 82.3 Å². The first-order valence-electron chi connectivity index (χ1n) is 4.58. The van der Waals surface area contributed by atoms with Crippen LogP contribution in [-0.2, 0) is 23.7 Å². The van der Waals surface area contributed by atoms with E-state index in [0.717, 1.165) is 0 Å². The molecule has 2 heterocycles. The summed E-state index contributed by atoms with van der Waals surface area (Å²) in [6.07, 6.45) is -1.24. The molecule has 2 aliphatic rings. The van der Waals surface area contributed by atoms with Gasteiger partial charge in [0.1, 0.15) is 18.8 Å². The molecule has 2 rings (SSSR count). The van der Waals surface area contributed by atoms with Gasteiger partial charge in [0.15, 0.2) is 11.9 Å². The van der Waals surface area contributed by atoms with Crippen LogP contribution in [-0.4, -0.2) is 43.8 Å². The highest BCUT2D eigenvalue weighted by Gasteiger charge is 2.51. The van der Waals surface area contributed by atoms with Crippen LogP contribution in [0.3, 0.4) is 0 Å². The quantitative estimate of drug-likeness (QED) is 0.563. The van der Waals surface area contributed by atoms with Gasteiger partial charge in [-0.3, -0.25) is 0 Å². The first kappa shape index (κ1) is 9.89. The number of hydrogen-bond donors (Lipinski definition) is 0. The van der Waals surface area contributed by atoms with Crippen LogP contribution >= 0.6 is 0 Å². The molecule has 5 nitrogen and oxygen atoms in total. The second kappa shape index (κ2) is 3.18. The van der Waals surface area contributed by atoms with E-state index in [1.54, 1.807) is 0 Å². The van der Waals surface area contributed by atoms with Crippen molar-refractivity contribution in [2.24, 2.45) is 0 Å². The van der Waals surface area contributed by atoms with Gasteiger partial charge in [-0.1, -0.05) is 0 Å². The first-order valence-corrected chi connectivity index (χ1v) is 4.58. The summed E-state index contributed by atoms with van der Waals surface area (Å²) >= 11 is 0. The third-order valence-electron chi connectivity index (χ3n) is 2.40. The number of rotatable bonds is 1. The Kier molecular flexibility index (Phi) is 2.25. The predicted octanol–water partition coefficient (Wildman–Crippen LogP) is 0.0783. The van der Waals surface area contributed by atoms with Crippen molar-refractivity contribution >= 4 is 5.97 Å². The molecule has 3 unspecified atom stereocenters. The number of carbonyl (C=O) groups excluding carboxylic acids is 1. The van der Waals surface area contributed by atoms with Gasteiger partial charge in [-0.05, 0) is 13.8 Å². The van der Waals surface area contributed by atoms with Gasteiger partial charge in [0.2, 0.25) is 0 Å². The lowest BCUT2D eigenvalue weighted by Crippen LogP contribution is -2.49. The maximum Gasteiger partial charge on any atom is 0.338 e. The molecule has 0 aromatic rings. The Balaban J connectivity index is 2.16. The average molecular weight is 202 g/mol. The lowest BCUT2D eigenvalue weighted by Gasteiger charge is -2.28. The number of ether oxygens (including phenoxy) is 4. The highest BCUT2D eigenvalue weighted by Crippen LogP contribution is 2.33. The van der Waals surface area contributed by atoms with Gasteiger partial charge in [0.25, 0.3) is 0 Å². The van der Waals surface area contributed by atoms with Crippen molar-refractivity contribution < 1.29 is 23.7 Å². The monoisotopic (exact) mass is 202 g/mol. The van der Waals surface area contributed by atoms with Crippen molar-refractivity contribution in [1.29, 1.82) is 0 Å². The molecule has 0 aliphatic carbocycles. The molecule has 14 heavy (non-hydrogen) atoms. The van der Waals surface area contributed by atoms with E-state index < -0.39 is 11.9 Å². The van der Waals surface area contributed by atoms with Gasteiger partial charge in [-0.25, -0.2) is 4.79 Å². The van der Waals surface area contributed by atoms with E-state index in [9.17, 15) is 4.79 Å². The number of carbonyl (C=O) groups is 1. The van der Waals surface area contributed by atoms with Crippen molar-refractivity contribution in [2.75, 3.05) is 13.7 Å². The fourth-order valence-corrected chi connectivity index (χ4v) is 1.86. The van der Waals surface area contributed by atoms with E-state index in [-0.39, 0.29) is 24.8 Å². The van der Waals surface area contributed by atoms with Crippen molar-refractivity contribution in [2.45, 2.75) is 37.9 Å². The van der Waals surface area contributed by atoms with E-state index >= 15 is 0 Å². The first-order chi connectivity index (χ1) is 6.53. The lowest BCUT2D eigenvalue weighted by atomic mass is 10.1. The number of esters is 1. The maximum absolute atomic E-state index is 11.3. The Morgan fingerprint density at radius 3 is 2.79 bits per heavy atom. The van der Waals surface area contributed by atoms with Crippen LogP contribution in [0.25, 0.3) is 0 Å². The lowest BCUT2D eigenvalue weighted by molar-refractivity contribution is -0.178. The SMILES string of the molecule is COC1C(=O)OCC2OC(C)(C)OC21. The summed E-state index contributed by atoms with van der Waals surface area (Å²) in [5.41, 5.74) is 0. The van der Waals surface area contributed by atoms with Crippen LogP contribution in [0.15, 0.2) is 0 Å². The number of hydrogen-bond acceptors (Lipinski definition) is 5. The predicted molar refractivity (Wildman–Crippen MR) is 45.6 cm³/mol. The molecule has 2 fully saturated rings. The molecule has 2 aliphatic heterocycles. The summed E-state index contributed by atoms with van der Waals surface area (Å²) in [7, 11) is 1.46. The third kappa shape index (κ3) is 1.51. The van der Waals surface area contributed by atoms with Crippen molar-refractivity contribution in [1.82, 2.24) is 0 Å². The smallest absolute Gasteiger partial charge is 0.338 e. The van der Waals surface area contributed by atoms with Crippen LogP contribution in [0.1, 0.15) is 13.8 Å². The van der Waals surface area contributed by atoms with Crippen molar-refractivity contribution in [3.63, 3.8) is 0 Å². The van der Waals surface area contributed by atoms with Gasteiger partial charge in [-0.2, -0.15) is 0 Å². The minimum Gasteiger partial charge on any atom is -0.461 e. The standard InChI is InChI=1S/C9H14O5/c1-9(2)13-5-4-12-8(10)7(11-3)6(5)14-9/h5-7H,4H2,1-3H3. The van der Waals surface area contributed by atoms with Gasteiger partial charge in [-0.15, -0.1) is 0 Å². The van der Waals surface area contributed by atoms with Crippen LogP contribution in [0, 0.1) is 0 Å². The van der Waals surface area contributed by atoms with Crippen LogP contribution in [0.2, 0.25) is 0 Å². The number of fused-ring (bicyclic) bond motifs is 1. The molecule has 0 aromatic carbocycles. The fraction of sp³-hybridized carbons (Fsp3) is 0.889. The Bertz CT molecular complexity index is 250. The average Bonchev–Trinajstić information content (AvgIpc) is 2.39. The van der Waals surface area contributed by atoms with Gasteiger partial charge in [0.05, 0.1) is 0 Å². The zero-order valence-electron chi connectivity index (χ0n) is 8.48. The second-order valence-electron chi connectivity index (χ2n) is 3.92. The van der Waals surface area contributed by atoms with E-state index in [2.05, 4.69) is 0 Å². The van der Waals surface area contributed by atoms with E-state index in [0.29, 0.717) is 0 Å². The second-order valence-corrected chi connectivity index (χ2v) is 3.92. The summed E-state index contributed by atoms with van der Waals surface area (Å²) in [6, 6.07) is 0. The molecular weight excluding hydrogens is 188 g/mol. The Hall–Kier alpha value is -0.650. The summed E-state index contributed by atoms with van der Waals surface area (Å²) in [6.45, 7) is 3.86. The molecule has 0 saturated carbocycles. The molecule has 2 saturated heterocycles. The number of methoxy groups -OCH3 is 1. The zero-order chi connectivity index (χ0) is 10.3. The molecular formula is C9H14O5. The fourth-order valence-electron chi connectivity index (χ4n) is 1.86. The van der Waals surface area contributed by atoms with Gasteiger partial charge in [0, 0.05) is 7.11 Å². The normalized spacial score (nSPS) is 40.5. The topological polar surface area (TPSA) is 54.0 Å². The molecule has 0 aromatic heterocycles. The summed E-state index contributed by atoms with van der Waals surface area (Å²) in [4.78, 5) is 11.3. The highest BCUT2D eigenvalue weighted by atomic mass is 16.8. The van der Waals surface area contributed by atoms with Crippen LogP contribution in [0.5, 0.6) is 0 Å². The largest absolute Gasteiger partial charge is 0.461 e. The van der Waals surface area contributed by atoms with E-state index in [4.69, 9.17) is 18.9 Å². The van der Waals surface area contributed by atoms with Crippen LogP contribution < -0.4 is 0 Å². The highest BCUT2D eigenvalue weighted by molar-refractivity contribution is 5.76. The summed E-state index contributed by atoms with van der Waals surface area (Å²) < 4.78 is 21.1. The Morgan fingerprint density at radius 1 is 1.43 bits per heavy atom. The molecule has 0 bridgehead atoms. The van der Waals surface area contributed by atoms with Crippen molar-refractivity contribution in [3.05, 3.63) is 0 Å². The zero-order valence-corrected chi connectivity index (χ0v) is 8.48. The molecule has 0 amide bonds. The minimum absolute atomic E-state index is 0.215. The van der Waals surface area contributed by atoms with Crippen molar-refractivity contribution in [3.8, 4) is 0 Å². The summed E-state index contributed by atoms with van der Waals surface area (Å²) in [5, 5.41) is 0. The van der Waals surface area contributed by atoms with Gasteiger partial charge < -0.3 is 18.9 Å². The van der Waals surface area contributed by atoms with Gasteiger partial charge >= 0.3 is 5.97 Å². The molecule has 0 spiro atoms. The minimum atomic E-state index is -0.671. The molecule has 0 radical (unpaired) electrons.